The number of fused-ring (bicyclic) bond motifs is 1. The van der Waals surface area contributed by atoms with Crippen LogP contribution in [0.5, 0.6) is 5.75 Å². The molecule has 6 nitrogen and oxygen atoms in total. The third kappa shape index (κ3) is 3.09. The number of hydrogen-bond acceptors (Lipinski definition) is 5. The number of aromatic nitrogens is 3. The molecule has 22 heavy (non-hydrogen) atoms. The molecule has 1 amide bonds. The number of carbonyl (C=O) groups excluding carboxylic acids is 1. The van der Waals surface area contributed by atoms with Gasteiger partial charge in [0, 0.05) is 29.6 Å². The van der Waals surface area contributed by atoms with Gasteiger partial charge in [0.25, 0.3) is 0 Å². The molecule has 0 unspecified atom stereocenters. The highest BCUT2D eigenvalue weighted by atomic mass is 32.1. The lowest BCUT2D eigenvalue weighted by Crippen LogP contribution is -2.27. The molecule has 1 N–H and O–H groups in total. The van der Waals surface area contributed by atoms with Gasteiger partial charge in [0.05, 0.1) is 13.5 Å². The van der Waals surface area contributed by atoms with E-state index in [1.807, 2.05) is 34.0 Å². The van der Waals surface area contributed by atoms with Gasteiger partial charge < -0.3 is 10.1 Å². The second-order valence-electron chi connectivity index (χ2n) is 4.80. The average Bonchev–Trinajstić information content (AvgIpc) is 3.12. The number of nitrogens with zero attached hydrogens (tertiary/aromatic N) is 3. The summed E-state index contributed by atoms with van der Waals surface area (Å²) in [6, 6.07) is 7.55. The molecule has 2 heterocycles. The van der Waals surface area contributed by atoms with Gasteiger partial charge >= 0.3 is 0 Å². The number of amides is 1. The fourth-order valence-electron chi connectivity index (χ4n) is 2.27. The van der Waals surface area contributed by atoms with Gasteiger partial charge in [-0.15, -0.1) is 21.5 Å². The average molecular weight is 316 g/mol. The molecule has 3 rings (SSSR count). The molecule has 0 aliphatic rings. The minimum Gasteiger partial charge on any atom is -0.496 e. The number of ether oxygens (including phenoxy) is 1. The zero-order valence-electron chi connectivity index (χ0n) is 12.2. The molecule has 0 radical (unpaired) electrons. The number of rotatable bonds is 6. The minimum absolute atomic E-state index is 0.0141. The van der Waals surface area contributed by atoms with Crippen LogP contribution in [0.4, 0.5) is 0 Å². The van der Waals surface area contributed by atoms with E-state index in [-0.39, 0.29) is 5.91 Å². The molecular weight excluding hydrogens is 300 g/mol. The van der Waals surface area contributed by atoms with Crippen LogP contribution in [0.25, 0.3) is 4.96 Å². The number of nitrogens with one attached hydrogen (secondary N) is 1. The van der Waals surface area contributed by atoms with Gasteiger partial charge in [0.1, 0.15) is 12.1 Å². The number of para-hydroxylation sites is 1. The SMILES string of the molecule is COc1ccccc1CC(=O)NCCc1csc2nncn12. The summed E-state index contributed by atoms with van der Waals surface area (Å²) in [4.78, 5) is 12.9. The molecule has 0 spiro atoms. The number of methoxy groups -OCH3 is 1. The smallest absolute Gasteiger partial charge is 0.224 e. The summed E-state index contributed by atoms with van der Waals surface area (Å²) in [6.07, 6.45) is 2.75. The van der Waals surface area contributed by atoms with Gasteiger partial charge in [-0.2, -0.15) is 0 Å². The Morgan fingerprint density at radius 1 is 1.41 bits per heavy atom. The Bertz CT molecular complexity index is 781. The lowest BCUT2D eigenvalue weighted by molar-refractivity contribution is -0.120. The first-order chi connectivity index (χ1) is 10.8. The number of carbonyl (C=O) groups is 1. The van der Waals surface area contributed by atoms with E-state index >= 15 is 0 Å². The van der Waals surface area contributed by atoms with Crippen molar-refractivity contribution in [3.8, 4) is 5.75 Å². The summed E-state index contributed by atoms with van der Waals surface area (Å²) in [5.74, 6) is 0.724. The molecule has 0 saturated carbocycles. The third-order valence-electron chi connectivity index (χ3n) is 3.37. The summed E-state index contributed by atoms with van der Waals surface area (Å²) in [5, 5.41) is 12.8. The van der Waals surface area contributed by atoms with Crippen LogP contribution in [0.1, 0.15) is 11.3 Å². The third-order valence-corrected chi connectivity index (χ3v) is 4.25. The zero-order chi connectivity index (χ0) is 15.4. The van der Waals surface area contributed by atoms with E-state index in [0.29, 0.717) is 13.0 Å². The molecule has 2 aromatic heterocycles. The normalized spacial score (nSPS) is 10.8. The van der Waals surface area contributed by atoms with Gasteiger partial charge in [-0.1, -0.05) is 18.2 Å². The highest BCUT2D eigenvalue weighted by molar-refractivity contribution is 7.15. The molecule has 0 bridgehead atoms. The molecule has 0 aliphatic carbocycles. The van der Waals surface area contributed by atoms with Crippen molar-refractivity contribution in [3.63, 3.8) is 0 Å². The van der Waals surface area contributed by atoms with Gasteiger partial charge in [-0.3, -0.25) is 9.20 Å². The van der Waals surface area contributed by atoms with Crippen molar-refractivity contribution in [2.75, 3.05) is 13.7 Å². The van der Waals surface area contributed by atoms with Crippen molar-refractivity contribution in [1.29, 1.82) is 0 Å². The summed E-state index contributed by atoms with van der Waals surface area (Å²) < 4.78 is 7.19. The monoisotopic (exact) mass is 316 g/mol. The molecule has 0 aliphatic heterocycles. The zero-order valence-corrected chi connectivity index (χ0v) is 13.0. The standard InChI is InChI=1S/C15H16N4O2S/c1-21-13-5-3-2-4-11(13)8-14(20)16-7-6-12-9-22-15-18-17-10-19(12)15/h2-5,9-10H,6-8H2,1H3,(H,16,20). The second kappa shape index (κ2) is 6.57. The van der Waals surface area contributed by atoms with Crippen LogP contribution in [-0.4, -0.2) is 34.2 Å². The highest BCUT2D eigenvalue weighted by Gasteiger charge is 2.09. The molecule has 7 heteroatoms. The molecule has 114 valence electrons. The lowest BCUT2D eigenvalue weighted by Gasteiger charge is -2.08. The maximum atomic E-state index is 12.0. The van der Waals surface area contributed by atoms with Crippen LogP contribution in [0, 0.1) is 0 Å². The topological polar surface area (TPSA) is 68.5 Å². The number of thiazole rings is 1. The summed E-state index contributed by atoms with van der Waals surface area (Å²) in [7, 11) is 1.61. The van der Waals surface area contributed by atoms with Crippen LogP contribution in [0.2, 0.25) is 0 Å². The molecule has 3 aromatic rings. The predicted octanol–water partition coefficient (Wildman–Crippen LogP) is 1.70. The first-order valence-corrected chi connectivity index (χ1v) is 7.80. The Hall–Kier alpha value is -2.41. The van der Waals surface area contributed by atoms with Gasteiger partial charge in [-0.25, -0.2) is 0 Å². The Balaban J connectivity index is 1.53. The Morgan fingerprint density at radius 2 is 2.27 bits per heavy atom. The Morgan fingerprint density at radius 3 is 3.14 bits per heavy atom. The van der Waals surface area contributed by atoms with Crippen molar-refractivity contribution in [2.24, 2.45) is 0 Å². The van der Waals surface area contributed by atoms with Gasteiger partial charge in [0.2, 0.25) is 10.9 Å². The minimum atomic E-state index is -0.0141. The van der Waals surface area contributed by atoms with E-state index in [9.17, 15) is 4.79 Å². The molecule has 0 fully saturated rings. The second-order valence-corrected chi connectivity index (χ2v) is 5.64. The van der Waals surface area contributed by atoms with E-state index in [0.717, 1.165) is 28.4 Å². The summed E-state index contributed by atoms with van der Waals surface area (Å²) in [6.45, 7) is 0.581. The Kier molecular flexibility index (Phi) is 4.34. The largest absolute Gasteiger partial charge is 0.496 e. The van der Waals surface area contributed by atoms with Gasteiger partial charge in [-0.05, 0) is 6.07 Å². The summed E-state index contributed by atoms with van der Waals surface area (Å²) in [5.41, 5.74) is 1.99. The van der Waals surface area contributed by atoms with E-state index in [1.165, 1.54) is 0 Å². The lowest BCUT2D eigenvalue weighted by atomic mass is 10.1. The van der Waals surface area contributed by atoms with Crippen molar-refractivity contribution in [2.45, 2.75) is 12.8 Å². The summed E-state index contributed by atoms with van der Waals surface area (Å²) >= 11 is 1.55. The quantitative estimate of drug-likeness (QED) is 0.751. The van der Waals surface area contributed by atoms with Crippen molar-refractivity contribution >= 4 is 22.2 Å². The van der Waals surface area contributed by atoms with E-state index in [4.69, 9.17) is 4.74 Å². The fourth-order valence-corrected chi connectivity index (χ4v) is 3.12. The Labute approximate surface area is 131 Å². The molecular formula is C15H16N4O2S. The van der Waals surface area contributed by atoms with Crippen LogP contribution >= 0.6 is 11.3 Å². The van der Waals surface area contributed by atoms with Gasteiger partial charge in [0.15, 0.2) is 0 Å². The van der Waals surface area contributed by atoms with Crippen LogP contribution in [-0.2, 0) is 17.6 Å². The predicted molar refractivity (Wildman–Crippen MR) is 84.3 cm³/mol. The molecule has 1 aromatic carbocycles. The van der Waals surface area contributed by atoms with Crippen molar-refractivity contribution in [3.05, 3.63) is 47.2 Å². The first kappa shape index (κ1) is 14.5. The molecule has 0 saturated heterocycles. The van der Waals surface area contributed by atoms with Crippen molar-refractivity contribution < 1.29 is 9.53 Å². The van der Waals surface area contributed by atoms with Crippen LogP contribution in [0.3, 0.4) is 0 Å². The number of hydrogen-bond donors (Lipinski definition) is 1. The van der Waals surface area contributed by atoms with Crippen LogP contribution in [0.15, 0.2) is 36.0 Å². The van der Waals surface area contributed by atoms with E-state index < -0.39 is 0 Å². The first-order valence-electron chi connectivity index (χ1n) is 6.92. The maximum Gasteiger partial charge on any atom is 0.224 e. The number of benzene rings is 1. The fraction of sp³-hybridized carbons (Fsp3) is 0.267. The van der Waals surface area contributed by atoms with E-state index in [2.05, 4.69) is 15.5 Å². The molecule has 0 atom stereocenters. The van der Waals surface area contributed by atoms with Crippen molar-refractivity contribution in [1.82, 2.24) is 19.9 Å². The maximum absolute atomic E-state index is 12.0. The van der Waals surface area contributed by atoms with E-state index in [1.54, 1.807) is 24.8 Å². The highest BCUT2D eigenvalue weighted by Crippen LogP contribution is 2.17. The van der Waals surface area contributed by atoms with Crippen LogP contribution < -0.4 is 10.1 Å².